The summed E-state index contributed by atoms with van der Waals surface area (Å²) in [5.74, 6) is -1.86. The van der Waals surface area contributed by atoms with Crippen molar-refractivity contribution in [2.45, 2.75) is 33.2 Å². The molecule has 0 spiro atoms. The van der Waals surface area contributed by atoms with Gasteiger partial charge in [-0.2, -0.15) is 0 Å². The molecule has 0 aliphatic carbocycles. The minimum Gasteiger partial charge on any atom is -0.454 e. The van der Waals surface area contributed by atoms with Crippen LogP contribution in [0.15, 0.2) is 54.6 Å². The van der Waals surface area contributed by atoms with E-state index in [0.717, 1.165) is 5.56 Å². The van der Waals surface area contributed by atoms with Crippen molar-refractivity contribution in [2.24, 2.45) is 5.92 Å². The minimum atomic E-state index is -0.866. The Labute approximate surface area is 175 Å². The molecule has 7 heteroatoms. The fourth-order valence-electron chi connectivity index (χ4n) is 2.74. The summed E-state index contributed by atoms with van der Waals surface area (Å²) in [6.07, 6.45) is 0.143. The first-order chi connectivity index (χ1) is 14.3. The molecule has 2 aromatic rings. The van der Waals surface area contributed by atoms with Gasteiger partial charge in [-0.25, -0.2) is 4.79 Å². The zero-order valence-corrected chi connectivity index (χ0v) is 17.3. The summed E-state index contributed by atoms with van der Waals surface area (Å²) in [6.45, 7) is 4.49. The first kappa shape index (κ1) is 22.8. The van der Waals surface area contributed by atoms with Crippen LogP contribution in [0.25, 0.3) is 0 Å². The fraction of sp³-hybridized carbons (Fsp3) is 0.304. The van der Waals surface area contributed by atoms with Crippen molar-refractivity contribution < 1.29 is 23.9 Å². The largest absolute Gasteiger partial charge is 0.454 e. The molecule has 0 radical (unpaired) electrons. The number of ether oxygens (including phenoxy) is 1. The van der Waals surface area contributed by atoms with Gasteiger partial charge in [0.2, 0.25) is 5.91 Å². The zero-order valence-electron chi connectivity index (χ0n) is 17.3. The van der Waals surface area contributed by atoms with E-state index < -0.39 is 24.5 Å². The van der Waals surface area contributed by atoms with Crippen LogP contribution in [-0.2, 0) is 25.5 Å². The molecule has 0 aromatic heterocycles. The van der Waals surface area contributed by atoms with Crippen molar-refractivity contribution in [3.05, 3.63) is 65.7 Å². The first-order valence-electron chi connectivity index (χ1n) is 9.67. The van der Waals surface area contributed by atoms with Gasteiger partial charge in [-0.05, 0) is 30.5 Å². The molecular formula is C23H26N2O5. The number of benzene rings is 2. The monoisotopic (exact) mass is 410 g/mol. The summed E-state index contributed by atoms with van der Waals surface area (Å²) >= 11 is 0. The Morgan fingerprint density at radius 3 is 2.27 bits per heavy atom. The molecule has 0 bridgehead atoms. The highest BCUT2D eigenvalue weighted by atomic mass is 16.5. The normalized spacial score (nSPS) is 11.5. The second-order valence-electron chi connectivity index (χ2n) is 7.24. The van der Waals surface area contributed by atoms with Crippen LogP contribution in [0, 0.1) is 5.92 Å². The number of hydrogen-bond donors (Lipinski definition) is 2. The van der Waals surface area contributed by atoms with Crippen molar-refractivity contribution in [2.75, 3.05) is 11.9 Å². The second kappa shape index (κ2) is 10.9. The Kier molecular flexibility index (Phi) is 8.29. The molecule has 1 atom stereocenters. The highest BCUT2D eigenvalue weighted by Crippen LogP contribution is 2.11. The molecule has 2 amide bonds. The van der Waals surface area contributed by atoms with E-state index in [4.69, 9.17) is 4.74 Å². The lowest BCUT2D eigenvalue weighted by molar-refractivity contribution is -0.151. The summed E-state index contributed by atoms with van der Waals surface area (Å²) in [6, 6.07) is 14.8. The van der Waals surface area contributed by atoms with E-state index in [1.165, 1.54) is 6.92 Å². The minimum absolute atomic E-state index is 0.122. The van der Waals surface area contributed by atoms with Crippen LogP contribution < -0.4 is 10.6 Å². The van der Waals surface area contributed by atoms with Gasteiger partial charge in [0, 0.05) is 11.3 Å². The van der Waals surface area contributed by atoms with Crippen molar-refractivity contribution >= 4 is 29.3 Å². The lowest BCUT2D eigenvalue weighted by Gasteiger charge is -2.20. The van der Waals surface area contributed by atoms with Crippen LogP contribution >= 0.6 is 0 Å². The van der Waals surface area contributed by atoms with Gasteiger partial charge in [0.25, 0.3) is 5.91 Å². The Morgan fingerprint density at radius 1 is 0.933 bits per heavy atom. The number of hydrogen-bond acceptors (Lipinski definition) is 5. The van der Waals surface area contributed by atoms with Crippen LogP contribution in [-0.4, -0.2) is 36.2 Å². The van der Waals surface area contributed by atoms with Crippen molar-refractivity contribution in [1.82, 2.24) is 5.32 Å². The van der Waals surface area contributed by atoms with Gasteiger partial charge < -0.3 is 15.4 Å². The lowest BCUT2D eigenvalue weighted by Crippen LogP contribution is -2.46. The van der Waals surface area contributed by atoms with Gasteiger partial charge >= 0.3 is 5.97 Å². The van der Waals surface area contributed by atoms with Gasteiger partial charge in [-0.15, -0.1) is 0 Å². The number of amides is 2. The van der Waals surface area contributed by atoms with E-state index in [-0.39, 0.29) is 24.0 Å². The van der Waals surface area contributed by atoms with Gasteiger partial charge in [-0.1, -0.05) is 56.3 Å². The van der Waals surface area contributed by atoms with Crippen LogP contribution in [0.1, 0.15) is 36.7 Å². The molecule has 7 nitrogen and oxygen atoms in total. The molecule has 30 heavy (non-hydrogen) atoms. The predicted molar refractivity (Wildman–Crippen MR) is 113 cm³/mol. The van der Waals surface area contributed by atoms with Crippen LogP contribution in [0.5, 0.6) is 0 Å². The quantitative estimate of drug-likeness (QED) is 0.489. The molecule has 1 unspecified atom stereocenters. The molecule has 158 valence electrons. The third kappa shape index (κ3) is 7.16. The fourth-order valence-corrected chi connectivity index (χ4v) is 2.74. The Hall–Kier alpha value is -3.48. The maximum absolute atomic E-state index is 12.4. The number of carbonyl (C=O) groups excluding carboxylic acids is 4. The van der Waals surface area contributed by atoms with Gasteiger partial charge in [0.15, 0.2) is 12.4 Å². The highest BCUT2D eigenvalue weighted by Gasteiger charge is 2.26. The van der Waals surface area contributed by atoms with Crippen molar-refractivity contribution in [3.63, 3.8) is 0 Å². The van der Waals surface area contributed by atoms with E-state index in [9.17, 15) is 19.2 Å². The Bertz CT molecular complexity index is 909. The summed E-state index contributed by atoms with van der Waals surface area (Å²) in [5.41, 5.74) is 1.73. The molecule has 0 heterocycles. The third-order valence-corrected chi connectivity index (χ3v) is 4.34. The molecule has 0 fully saturated rings. The van der Waals surface area contributed by atoms with Crippen LogP contribution in [0.4, 0.5) is 5.69 Å². The maximum atomic E-state index is 12.4. The number of Topliss-reactive ketones (excluding diaryl/α,β-unsaturated/α-hetero) is 1. The molecule has 0 saturated heterocycles. The Balaban J connectivity index is 1.88. The van der Waals surface area contributed by atoms with Gasteiger partial charge in [0.05, 0.1) is 6.42 Å². The van der Waals surface area contributed by atoms with Crippen LogP contribution in [0.3, 0.4) is 0 Å². The smallest absolute Gasteiger partial charge is 0.329 e. The molecule has 0 aliphatic heterocycles. The number of rotatable bonds is 9. The SMILES string of the molecule is CC(=O)c1cccc(NC(=O)COC(=O)C(NC(=O)Cc2ccccc2)C(C)C)c1. The molecule has 2 aromatic carbocycles. The number of esters is 1. The topological polar surface area (TPSA) is 102 Å². The van der Waals surface area contributed by atoms with E-state index in [1.807, 2.05) is 30.3 Å². The molecular weight excluding hydrogens is 384 g/mol. The predicted octanol–water partition coefficient (Wildman–Crippen LogP) is 2.75. The van der Waals surface area contributed by atoms with Crippen LogP contribution in [0.2, 0.25) is 0 Å². The summed E-state index contributed by atoms with van der Waals surface area (Å²) in [4.78, 5) is 48.2. The molecule has 0 saturated carbocycles. The highest BCUT2D eigenvalue weighted by molar-refractivity contribution is 5.97. The standard InChI is InChI=1S/C23H26N2O5/c1-15(2)22(25-20(27)12-17-8-5-4-6-9-17)23(29)30-14-21(28)24-19-11-7-10-18(13-19)16(3)26/h4-11,13,15,22H,12,14H2,1-3H3,(H,24,28)(H,25,27). The number of nitrogens with one attached hydrogen (secondary N) is 2. The summed E-state index contributed by atoms with van der Waals surface area (Å²) in [7, 11) is 0. The molecule has 2 rings (SSSR count). The van der Waals surface area contributed by atoms with Gasteiger partial charge in [0.1, 0.15) is 6.04 Å². The number of ketones is 1. The van der Waals surface area contributed by atoms with Crippen molar-refractivity contribution in [1.29, 1.82) is 0 Å². The van der Waals surface area contributed by atoms with Crippen molar-refractivity contribution in [3.8, 4) is 0 Å². The summed E-state index contributed by atoms with van der Waals surface area (Å²) in [5, 5.41) is 5.25. The average Bonchev–Trinajstić information content (AvgIpc) is 2.71. The molecule has 0 aliphatic rings. The van der Waals surface area contributed by atoms with E-state index in [1.54, 1.807) is 38.1 Å². The third-order valence-electron chi connectivity index (χ3n) is 4.34. The number of carbonyl (C=O) groups is 4. The second-order valence-corrected chi connectivity index (χ2v) is 7.24. The van der Waals surface area contributed by atoms with E-state index in [2.05, 4.69) is 10.6 Å². The molecule has 2 N–H and O–H groups in total. The van der Waals surface area contributed by atoms with Gasteiger partial charge in [-0.3, -0.25) is 14.4 Å². The lowest BCUT2D eigenvalue weighted by atomic mass is 10.0. The van der Waals surface area contributed by atoms with E-state index >= 15 is 0 Å². The first-order valence-corrected chi connectivity index (χ1v) is 9.67. The summed E-state index contributed by atoms with van der Waals surface area (Å²) < 4.78 is 5.10. The Morgan fingerprint density at radius 2 is 1.63 bits per heavy atom. The number of anilines is 1. The maximum Gasteiger partial charge on any atom is 0.329 e. The van der Waals surface area contributed by atoms with E-state index in [0.29, 0.717) is 11.3 Å². The average molecular weight is 410 g/mol. The zero-order chi connectivity index (χ0) is 22.1.